The smallest absolute Gasteiger partial charge is 0.387 e. The number of ether oxygens (including phenoxy) is 1. The minimum absolute atomic E-state index is 0.173. The molecular weight excluding hydrogens is 292 g/mol. The van der Waals surface area contributed by atoms with Gasteiger partial charge in [-0.3, -0.25) is 9.69 Å². The maximum atomic E-state index is 12.2. The van der Waals surface area contributed by atoms with Crippen LogP contribution >= 0.6 is 0 Å². The molecule has 1 saturated heterocycles. The quantitative estimate of drug-likeness (QED) is 0.838. The molecule has 0 bridgehead atoms. The summed E-state index contributed by atoms with van der Waals surface area (Å²) >= 11 is 0. The van der Waals surface area contributed by atoms with Crippen LogP contribution in [-0.2, 0) is 11.3 Å². The molecule has 1 atom stereocenters. The summed E-state index contributed by atoms with van der Waals surface area (Å²) < 4.78 is 28.9. The summed E-state index contributed by atoms with van der Waals surface area (Å²) in [4.78, 5) is 12.9. The van der Waals surface area contributed by atoms with Gasteiger partial charge in [-0.25, -0.2) is 0 Å². The Morgan fingerprint density at radius 2 is 2.27 bits per heavy atom. The Kier molecular flexibility index (Phi) is 6.12. The first-order valence-corrected chi connectivity index (χ1v) is 7.51. The van der Waals surface area contributed by atoms with Crippen molar-refractivity contribution in [2.45, 2.75) is 38.8 Å². The number of carbonyl (C=O) groups is 1. The SMILES string of the molecule is O=C(O)CCC1CCCN(Cc2cccc(OC(F)F)c2)C1. The molecule has 1 aliphatic rings. The number of carboxylic acids is 1. The van der Waals surface area contributed by atoms with Gasteiger partial charge >= 0.3 is 12.6 Å². The van der Waals surface area contributed by atoms with Crippen molar-refractivity contribution in [1.29, 1.82) is 0 Å². The van der Waals surface area contributed by atoms with Crippen LogP contribution in [0, 0.1) is 5.92 Å². The number of halogens is 2. The van der Waals surface area contributed by atoms with E-state index in [2.05, 4.69) is 9.64 Å². The van der Waals surface area contributed by atoms with Crippen LogP contribution in [0.15, 0.2) is 24.3 Å². The zero-order valence-electron chi connectivity index (χ0n) is 12.4. The molecule has 1 aliphatic heterocycles. The number of rotatable bonds is 7. The van der Waals surface area contributed by atoms with E-state index in [0.29, 0.717) is 18.9 Å². The lowest BCUT2D eigenvalue weighted by molar-refractivity contribution is -0.137. The van der Waals surface area contributed by atoms with Crippen LogP contribution in [-0.4, -0.2) is 35.7 Å². The summed E-state index contributed by atoms with van der Waals surface area (Å²) in [5.41, 5.74) is 0.928. The molecule has 122 valence electrons. The summed E-state index contributed by atoms with van der Waals surface area (Å²) in [5, 5.41) is 8.76. The highest BCUT2D eigenvalue weighted by Crippen LogP contribution is 2.23. The van der Waals surface area contributed by atoms with E-state index < -0.39 is 12.6 Å². The number of carboxylic acid groups (broad SMARTS) is 1. The average Bonchev–Trinajstić information content (AvgIpc) is 2.45. The van der Waals surface area contributed by atoms with Crippen molar-refractivity contribution in [1.82, 2.24) is 4.90 Å². The van der Waals surface area contributed by atoms with E-state index in [4.69, 9.17) is 5.11 Å². The standard InChI is InChI=1S/C16H21F2NO3/c17-16(18)22-14-5-1-3-13(9-14)11-19-8-2-4-12(10-19)6-7-15(20)21/h1,3,5,9,12,16H,2,4,6-8,10-11H2,(H,20,21). The van der Waals surface area contributed by atoms with Crippen molar-refractivity contribution in [3.63, 3.8) is 0 Å². The summed E-state index contributed by atoms with van der Waals surface area (Å²) in [6.45, 7) is -0.341. The van der Waals surface area contributed by atoms with E-state index in [0.717, 1.165) is 31.5 Å². The van der Waals surface area contributed by atoms with E-state index in [1.54, 1.807) is 12.1 Å². The minimum atomic E-state index is -2.81. The van der Waals surface area contributed by atoms with E-state index >= 15 is 0 Å². The van der Waals surface area contributed by atoms with Gasteiger partial charge < -0.3 is 9.84 Å². The maximum absolute atomic E-state index is 12.2. The number of aliphatic carboxylic acids is 1. The Balaban J connectivity index is 1.88. The van der Waals surface area contributed by atoms with Crippen molar-refractivity contribution in [2.75, 3.05) is 13.1 Å². The van der Waals surface area contributed by atoms with Crippen molar-refractivity contribution in [3.05, 3.63) is 29.8 Å². The second-order valence-electron chi connectivity index (χ2n) is 5.70. The highest BCUT2D eigenvalue weighted by atomic mass is 19.3. The largest absolute Gasteiger partial charge is 0.481 e. The fourth-order valence-corrected chi connectivity index (χ4v) is 2.94. The average molecular weight is 313 g/mol. The molecule has 1 aromatic carbocycles. The van der Waals surface area contributed by atoms with Crippen LogP contribution in [0.5, 0.6) is 5.75 Å². The lowest BCUT2D eigenvalue weighted by Crippen LogP contribution is -2.35. The summed E-state index contributed by atoms with van der Waals surface area (Å²) in [5.74, 6) is -0.189. The molecule has 0 aliphatic carbocycles. The van der Waals surface area contributed by atoms with Crippen LogP contribution in [0.2, 0.25) is 0 Å². The molecule has 1 fully saturated rings. The van der Waals surface area contributed by atoms with Gasteiger partial charge in [0.15, 0.2) is 0 Å². The van der Waals surface area contributed by atoms with Crippen LogP contribution in [0.1, 0.15) is 31.2 Å². The summed E-state index contributed by atoms with van der Waals surface area (Å²) in [7, 11) is 0. The molecule has 0 spiro atoms. The van der Waals surface area contributed by atoms with Gasteiger partial charge in [0.1, 0.15) is 5.75 Å². The van der Waals surface area contributed by atoms with Crippen molar-refractivity contribution in [2.24, 2.45) is 5.92 Å². The van der Waals surface area contributed by atoms with Gasteiger partial charge in [-0.05, 0) is 49.4 Å². The lowest BCUT2D eigenvalue weighted by atomic mass is 9.93. The number of likely N-dealkylation sites (tertiary alicyclic amines) is 1. The Labute approximate surface area is 128 Å². The molecule has 1 heterocycles. The molecule has 0 saturated carbocycles. The molecule has 4 nitrogen and oxygen atoms in total. The summed E-state index contributed by atoms with van der Waals surface area (Å²) in [6.07, 6.45) is 2.99. The van der Waals surface area contributed by atoms with E-state index in [1.165, 1.54) is 6.07 Å². The third kappa shape index (κ3) is 5.60. The normalized spacial score (nSPS) is 19.3. The molecule has 1 unspecified atom stereocenters. The van der Waals surface area contributed by atoms with Gasteiger partial charge in [-0.1, -0.05) is 12.1 Å². The van der Waals surface area contributed by atoms with Gasteiger partial charge in [-0.15, -0.1) is 0 Å². The first-order chi connectivity index (χ1) is 10.5. The van der Waals surface area contributed by atoms with Gasteiger partial charge in [-0.2, -0.15) is 8.78 Å². The second-order valence-corrected chi connectivity index (χ2v) is 5.70. The van der Waals surface area contributed by atoms with E-state index in [-0.39, 0.29) is 12.2 Å². The number of nitrogens with zero attached hydrogens (tertiary/aromatic N) is 1. The highest BCUT2D eigenvalue weighted by Gasteiger charge is 2.20. The molecule has 6 heteroatoms. The van der Waals surface area contributed by atoms with Crippen LogP contribution in [0.25, 0.3) is 0 Å². The third-order valence-electron chi connectivity index (χ3n) is 3.90. The monoisotopic (exact) mass is 313 g/mol. The predicted molar refractivity (Wildman–Crippen MR) is 77.9 cm³/mol. The molecular formula is C16H21F2NO3. The van der Waals surface area contributed by atoms with Crippen LogP contribution in [0.3, 0.4) is 0 Å². The molecule has 0 aromatic heterocycles. The molecule has 1 N–H and O–H groups in total. The van der Waals surface area contributed by atoms with Gasteiger partial charge in [0.2, 0.25) is 0 Å². The second kappa shape index (κ2) is 8.08. The van der Waals surface area contributed by atoms with Crippen LogP contribution in [0.4, 0.5) is 8.78 Å². The number of alkyl halides is 2. The maximum Gasteiger partial charge on any atom is 0.387 e. The number of hydrogen-bond acceptors (Lipinski definition) is 3. The fourth-order valence-electron chi connectivity index (χ4n) is 2.94. The Bertz CT molecular complexity index is 496. The zero-order valence-corrected chi connectivity index (χ0v) is 12.4. The van der Waals surface area contributed by atoms with Crippen molar-refractivity contribution >= 4 is 5.97 Å². The van der Waals surface area contributed by atoms with E-state index in [1.807, 2.05) is 6.07 Å². The van der Waals surface area contributed by atoms with Gasteiger partial charge in [0, 0.05) is 19.5 Å². The number of benzene rings is 1. The lowest BCUT2D eigenvalue weighted by Gasteiger charge is -2.32. The molecule has 0 amide bonds. The molecule has 2 rings (SSSR count). The number of piperidine rings is 1. The minimum Gasteiger partial charge on any atom is -0.481 e. The first kappa shape index (κ1) is 16.7. The van der Waals surface area contributed by atoms with Crippen molar-refractivity contribution < 1.29 is 23.4 Å². The molecule has 22 heavy (non-hydrogen) atoms. The molecule has 1 aromatic rings. The molecule has 0 radical (unpaired) electrons. The summed E-state index contributed by atoms with van der Waals surface area (Å²) in [6, 6.07) is 6.74. The van der Waals surface area contributed by atoms with Gasteiger partial charge in [0.25, 0.3) is 0 Å². The number of hydrogen-bond donors (Lipinski definition) is 1. The third-order valence-corrected chi connectivity index (χ3v) is 3.90. The van der Waals surface area contributed by atoms with E-state index in [9.17, 15) is 13.6 Å². The first-order valence-electron chi connectivity index (χ1n) is 7.51. The Morgan fingerprint density at radius 3 is 3.00 bits per heavy atom. The zero-order chi connectivity index (χ0) is 15.9. The fraction of sp³-hybridized carbons (Fsp3) is 0.562. The van der Waals surface area contributed by atoms with Crippen molar-refractivity contribution in [3.8, 4) is 5.75 Å². The highest BCUT2D eigenvalue weighted by molar-refractivity contribution is 5.66. The topological polar surface area (TPSA) is 49.8 Å². The van der Waals surface area contributed by atoms with Gasteiger partial charge in [0.05, 0.1) is 0 Å². The Hall–Kier alpha value is -1.69. The van der Waals surface area contributed by atoms with Crippen LogP contribution < -0.4 is 4.74 Å². The predicted octanol–water partition coefficient (Wildman–Crippen LogP) is 3.36. The Morgan fingerprint density at radius 1 is 1.45 bits per heavy atom.